The van der Waals surface area contributed by atoms with E-state index in [-0.39, 0.29) is 0 Å². The molecule has 0 unspecified atom stereocenters. The van der Waals surface area contributed by atoms with Gasteiger partial charge in [-0.05, 0) is 30.0 Å². The highest BCUT2D eigenvalue weighted by Gasteiger charge is 2.05. The first kappa shape index (κ1) is 10.4. The van der Waals surface area contributed by atoms with Crippen molar-refractivity contribution in [2.45, 2.75) is 26.7 Å². The van der Waals surface area contributed by atoms with E-state index in [1.807, 2.05) is 5.51 Å². The summed E-state index contributed by atoms with van der Waals surface area (Å²) in [5.41, 5.74) is 6.96. The van der Waals surface area contributed by atoms with Gasteiger partial charge in [0.25, 0.3) is 0 Å². The van der Waals surface area contributed by atoms with Crippen LogP contribution < -0.4 is 0 Å². The molecule has 0 fully saturated rings. The van der Waals surface area contributed by atoms with Gasteiger partial charge in [0.05, 0.1) is 11.2 Å². The number of nitrogens with zero attached hydrogens (tertiary/aromatic N) is 1. The highest BCUT2D eigenvalue weighted by Crippen LogP contribution is 2.25. The van der Waals surface area contributed by atoms with Crippen LogP contribution in [0, 0.1) is 6.92 Å². The third-order valence-corrected chi connectivity index (χ3v) is 3.21. The molecule has 1 heterocycles. The molecule has 15 heavy (non-hydrogen) atoms. The van der Waals surface area contributed by atoms with Gasteiger partial charge in [-0.2, -0.15) is 0 Å². The van der Waals surface area contributed by atoms with Crippen molar-refractivity contribution in [1.82, 2.24) is 4.98 Å². The molecule has 2 aromatic rings. The van der Waals surface area contributed by atoms with Crippen molar-refractivity contribution < 1.29 is 0 Å². The molecular weight excluding hydrogens is 202 g/mol. The SMILES string of the molecule is Cc1cc(-c2cscn2)ccc1C(C)C. The summed E-state index contributed by atoms with van der Waals surface area (Å²) < 4.78 is 0. The lowest BCUT2D eigenvalue weighted by Crippen LogP contribution is -1.92. The average molecular weight is 217 g/mol. The Morgan fingerprint density at radius 1 is 1.27 bits per heavy atom. The van der Waals surface area contributed by atoms with Crippen LogP contribution in [0.25, 0.3) is 11.3 Å². The Bertz CT molecular complexity index is 444. The number of hydrogen-bond acceptors (Lipinski definition) is 2. The zero-order valence-corrected chi connectivity index (χ0v) is 10.1. The lowest BCUT2D eigenvalue weighted by molar-refractivity contribution is 0.857. The molecular formula is C13H15NS. The van der Waals surface area contributed by atoms with E-state index in [9.17, 15) is 0 Å². The Balaban J connectivity index is 2.42. The maximum absolute atomic E-state index is 4.32. The Labute approximate surface area is 94.8 Å². The summed E-state index contributed by atoms with van der Waals surface area (Å²) in [5, 5.41) is 2.09. The van der Waals surface area contributed by atoms with E-state index >= 15 is 0 Å². The van der Waals surface area contributed by atoms with E-state index in [1.165, 1.54) is 16.7 Å². The molecule has 0 amide bonds. The van der Waals surface area contributed by atoms with Gasteiger partial charge in [-0.1, -0.05) is 26.0 Å². The summed E-state index contributed by atoms with van der Waals surface area (Å²) in [7, 11) is 0. The third-order valence-electron chi connectivity index (χ3n) is 2.62. The second-order valence-corrected chi connectivity index (χ2v) is 4.82. The van der Waals surface area contributed by atoms with E-state index in [0.29, 0.717) is 5.92 Å². The predicted molar refractivity (Wildman–Crippen MR) is 66.4 cm³/mol. The minimum atomic E-state index is 0.592. The van der Waals surface area contributed by atoms with Gasteiger partial charge in [0.1, 0.15) is 0 Å². The number of thiazole rings is 1. The fourth-order valence-corrected chi connectivity index (χ4v) is 2.40. The molecule has 0 spiro atoms. The number of aryl methyl sites for hydroxylation is 1. The average Bonchev–Trinajstić information content (AvgIpc) is 2.69. The van der Waals surface area contributed by atoms with Crippen LogP contribution in [0.15, 0.2) is 29.1 Å². The van der Waals surface area contributed by atoms with Gasteiger partial charge in [0, 0.05) is 10.9 Å². The molecule has 1 aromatic heterocycles. The molecule has 2 rings (SSSR count). The zero-order valence-electron chi connectivity index (χ0n) is 9.32. The second kappa shape index (κ2) is 4.15. The number of benzene rings is 1. The minimum absolute atomic E-state index is 0.592. The summed E-state index contributed by atoms with van der Waals surface area (Å²) >= 11 is 1.64. The van der Waals surface area contributed by atoms with Crippen molar-refractivity contribution >= 4 is 11.3 Å². The van der Waals surface area contributed by atoms with Gasteiger partial charge in [-0.25, -0.2) is 4.98 Å². The van der Waals surface area contributed by atoms with Gasteiger partial charge in [0.15, 0.2) is 0 Å². The quantitative estimate of drug-likeness (QED) is 0.733. The van der Waals surface area contributed by atoms with Crippen LogP contribution in [-0.2, 0) is 0 Å². The molecule has 1 aromatic carbocycles. The fourth-order valence-electron chi connectivity index (χ4n) is 1.84. The highest BCUT2D eigenvalue weighted by molar-refractivity contribution is 7.07. The largest absolute Gasteiger partial charge is 0.245 e. The van der Waals surface area contributed by atoms with Crippen LogP contribution >= 0.6 is 11.3 Å². The van der Waals surface area contributed by atoms with Gasteiger partial charge >= 0.3 is 0 Å². The van der Waals surface area contributed by atoms with Crippen LogP contribution in [-0.4, -0.2) is 4.98 Å². The normalized spacial score (nSPS) is 10.9. The first-order chi connectivity index (χ1) is 7.18. The third kappa shape index (κ3) is 2.10. The van der Waals surface area contributed by atoms with Gasteiger partial charge < -0.3 is 0 Å². The molecule has 0 saturated heterocycles. The van der Waals surface area contributed by atoms with Crippen LogP contribution in [0.1, 0.15) is 30.9 Å². The van der Waals surface area contributed by atoms with Crippen LogP contribution in [0.2, 0.25) is 0 Å². The topological polar surface area (TPSA) is 12.9 Å². The molecule has 0 bridgehead atoms. The molecule has 0 aliphatic carbocycles. The maximum atomic E-state index is 4.32. The fraction of sp³-hybridized carbons (Fsp3) is 0.308. The summed E-state index contributed by atoms with van der Waals surface area (Å²) in [6.45, 7) is 6.63. The number of rotatable bonds is 2. The van der Waals surface area contributed by atoms with E-state index < -0.39 is 0 Å². The first-order valence-electron chi connectivity index (χ1n) is 5.17. The zero-order chi connectivity index (χ0) is 10.8. The predicted octanol–water partition coefficient (Wildman–Crippen LogP) is 4.24. The van der Waals surface area contributed by atoms with Gasteiger partial charge in [-0.3, -0.25) is 0 Å². The van der Waals surface area contributed by atoms with Gasteiger partial charge in [0.2, 0.25) is 0 Å². The van der Waals surface area contributed by atoms with Crippen molar-refractivity contribution in [2.24, 2.45) is 0 Å². The molecule has 0 N–H and O–H groups in total. The Hall–Kier alpha value is -1.15. The molecule has 0 atom stereocenters. The van der Waals surface area contributed by atoms with E-state index in [4.69, 9.17) is 0 Å². The maximum Gasteiger partial charge on any atom is 0.0811 e. The summed E-state index contributed by atoms with van der Waals surface area (Å²) in [6, 6.07) is 6.61. The van der Waals surface area contributed by atoms with E-state index in [2.05, 4.69) is 49.3 Å². The molecule has 1 nitrogen and oxygen atoms in total. The van der Waals surface area contributed by atoms with Gasteiger partial charge in [-0.15, -0.1) is 11.3 Å². The van der Waals surface area contributed by atoms with Crippen molar-refractivity contribution in [3.8, 4) is 11.3 Å². The van der Waals surface area contributed by atoms with E-state index in [1.54, 1.807) is 11.3 Å². The second-order valence-electron chi connectivity index (χ2n) is 4.10. The Morgan fingerprint density at radius 2 is 2.07 bits per heavy atom. The molecule has 2 heteroatoms. The molecule has 0 saturated carbocycles. The monoisotopic (exact) mass is 217 g/mol. The molecule has 0 aliphatic heterocycles. The van der Waals surface area contributed by atoms with Crippen molar-refractivity contribution in [2.75, 3.05) is 0 Å². The van der Waals surface area contributed by atoms with Crippen molar-refractivity contribution in [3.05, 3.63) is 40.2 Å². The summed E-state index contributed by atoms with van der Waals surface area (Å²) in [4.78, 5) is 4.32. The summed E-state index contributed by atoms with van der Waals surface area (Å²) in [6.07, 6.45) is 0. The Morgan fingerprint density at radius 3 is 2.60 bits per heavy atom. The highest BCUT2D eigenvalue weighted by atomic mass is 32.1. The smallest absolute Gasteiger partial charge is 0.0811 e. The Kier molecular flexibility index (Phi) is 2.87. The standard InChI is InChI=1S/C13H15NS/c1-9(2)12-5-4-11(6-10(12)3)13-7-15-8-14-13/h4-9H,1-3H3. The van der Waals surface area contributed by atoms with E-state index in [0.717, 1.165) is 5.69 Å². The molecule has 0 radical (unpaired) electrons. The number of hydrogen-bond donors (Lipinski definition) is 0. The molecule has 0 aliphatic rings. The molecule has 78 valence electrons. The van der Waals surface area contributed by atoms with Crippen molar-refractivity contribution in [1.29, 1.82) is 0 Å². The van der Waals surface area contributed by atoms with Crippen LogP contribution in [0.5, 0.6) is 0 Å². The van der Waals surface area contributed by atoms with Crippen molar-refractivity contribution in [3.63, 3.8) is 0 Å². The van der Waals surface area contributed by atoms with Crippen LogP contribution in [0.3, 0.4) is 0 Å². The lowest BCUT2D eigenvalue weighted by atomic mass is 9.96. The summed E-state index contributed by atoms with van der Waals surface area (Å²) in [5.74, 6) is 0.592. The minimum Gasteiger partial charge on any atom is -0.245 e. The first-order valence-corrected chi connectivity index (χ1v) is 6.12. The number of aromatic nitrogens is 1. The lowest BCUT2D eigenvalue weighted by Gasteiger charge is -2.10. The van der Waals surface area contributed by atoms with Crippen LogP contribution in [0.4, 0.5) is 0 Å².